The third-order valence-corrected chi connectivity index (χ3v) is 4.37. The van der Waals surface area contributed by atoms with E-state index in [1.54, 1.807) is 0 Å². The molecule has 1 heterocycles. The van der Waals surface area contributed by atoms with Gasteiger partial charge in [0.2, 0.25) is 5.84 Å². The van der Waals surface area contributed by atoms with Crippen molar-refractivity contribution in [2.45, 2.75) is 12.6 Å². The molecule has 11 heteroatoms. The van der Waals surface area contributed by atoms with Crippen LogP contribution in [0.1, 0.15) is 11.1 Å². The molecule has 2 aromatic carbocycles. The van der Waals surface area contributed by atoms with Gasteiger partial charge in [0.1, 0.15) is 17.3 Å². The topological polar surface area (TPSA) is 38.4 Å². The SMILES string of the molecule is NCC1=NC(c2ccc(F)cc2)=C(c2ccc(F)cc2)[N+]1(C(F)(F)F)C(F)(F)F. The van der Waals surface area contributed by atoms with Crippen molar-refractivity contribution in [3.8, 4) is 0 Å². The fourth-order valence-corrected chi connectivity index (χ4v) is 3.16. The van der Waals surface area contributed by atoms with E-state index in [2.05, 4.69) is 4.99 Å². The third-order valence-electron chi connectivity index (χ3n) is 4.37. The normalized spacial score (nSPS) is 16.9. The number of benzene rings is 2. The molecule has 0 amide bonds. The first-order chi connectivity index (χ1) is 13.4. The second kappa shape index (κ2) is 6.92. The van der Waals surface area contributed by atoms with Crippen molar-refractivity contribution >= 4 is 17.2 Å². The van der Waals surface area contributed by atoms with Crippen LogP contribution in [-0.4, -0.2) is 29.5 Å². The number of alkyl halides is 6. The molecule has 0 atom stereocenters. The van der Waals surface area contributed by atoms with Crippen LogP contribution in [0.15, 0.2) is 53.5 Å². The summed E-state index contributed by atoms with van der Waals surface area (Å²) in [5, 5.41) is 0. The molecule has 29 heavy (non-hydrogen) atoms. The predicted octanol–water partition coefficient (Wildman–Crippen LogP) is 5.02. The van der Waals surface area contributed by atoms with Crippen LogP contribution in [0.4, 0.5) is 35.1 Å². The van der Waals surface area contributed by atoms with Crippen LogP contribution in [0.3, 0.4) is 0 Å². The minimum Gasteiger partial charge on any atom is -0.321 e. The van der Waals surface area contributed by atoms with Crippen molar-refractivity contribution in [1.29, 1.82) is 0 Å². The summed E-state index contributed by atoms with van der Waals surface area (Å²) in [4.78, 5) is 3.56. The second-order valence-electron chi connectivity index (χ2n) is 6.05. The van der Waals surface area contributed by atoms with Crippen LogP contribution in [0.2, 0.25) is 0 Å². The van der Waals surface area contributed by atoms with Crippen molar-refractivity contribution in [3.63, 3.8) is 0 Å². The highest BCUT2D eigenvalue weighted by Gasteiger charge is 2.79. The summed E-state index contributed by atoms with van der Waals surface area (Å²) in [5.74, 6) is -3.01. The second-order valence-corrected chi connectivity index (χ2v) is 6.05. The van der Waals surface area contributed by atoms with Crippen molar-refractivity contribution in [2.24, 2.45) is 10.7 Å². The molecule has 0 aliphatic carbocycles. The zero-order chi connectivity index (χ0) is 21.6. The van der Waals surface area contributed by atoms with Crippen molar-refractivity contribution in [3.05, 3.63) is 71.3 Å². The highest BCUT2D eigenvalue weighted by molar-refractivity contribution is 6.02. The molecule has 154 valence electrons. The third kappa shape index (κ3) is 3.19. The van der Waals surface area contributed by atoms with Gasteiger partial charge in [-0.3, -0.25) is 0 Å². The summed E-state index contributed by atoms with van der Waals surface area (Å²) in [5.41, 5.74) is 2.50. The number of nitrogens with two attached hydrogens (primary N) is 1. The number of halogens is 8. The lowest BCUT2D eigenvalue weighted by molar-refractivity contribution is -0.990. The molecule has 0 spiro atoms. The Hall–Kier alpha value is -2.79. The highest BCUT2D eigenvalue weighted by Crippen LogP contribution is 2.55. The highest BCUT2D eigenvalue weighted by atomic mass is 19.4. The van der Waals surface area contributed by atoms with Crippen LogP contribution in [0, 0.1) is 11.6 Å². The van der Waals surface area contributed by atoms with Gasteiger partial charge >= 0.3 is 12.6 Å². The van der Waals surface area contributed by atoms with Gasteiger partial charge in [0.25, 0.3) is 0 Å². The molecule has 2 aromatic rings. The fraction of sp³-hybridized carbons (Fsp3) is 0.167. The van der Waals surface area contributed by atoms with Gasteiger partial charge in [0.15, 0.2) is 5.70 Å². The summed E-state index contributed by atoms with van der Waals surface area (Å²) < 4.78 is 107. The Morgan fingerprint density at radius 3 is 1.52 bits per heavy atom. The van der Waals surface area contributed by atoms with Crippen LogP contribution >= 0.6 is 0 Å². The Morgan fingerprint density at radius 2 is 1.14 bits per heavy atom. The average Bonchev–Trinajstić information content (AvgIpc) is 2.99. The Kier molecular flexibility index (Phi) is 4.99. The first-order valence-corrected chi connectivity index (χ1v) is 8.01. The van der Waals surface area contributed by atoms with E-state index in [-0.39, 0.29) is 5.56 Å². The molecule has 2 N–H and O–H groups in total. The summed E-state index contributed by atoms with van der Waals surface area (Å²) in [6.07, 6.45) is -11.8. The lowest BCUT2D eigenvalue weighted by atomic mass is 10.0. The largest absolute Gasteiger partial charge is 0.579 e. The number of quaternary nitrogens is 1. The lowest BCUT2D eigenvalue weighted by Gasteiger charge is -2.37. The molecule has 1 aliphatic rings. The van der Waals surface area contributed by atoms with Gasteiger partial charge in [-0.15, -0.1) is 26.3 Å². The Labute approximate surface area is 159 Å². The zero-order valence-electron chi connectivity index (χ0n) is 14.3. The molecule has 3 nitrogen and oxygen atoms in total. The average molecular weight is 422 g/mol. The number of nitrogens with zero attached hydrogens (tertiary/aromatic N) is 2. The van der Waals surface area contributed by atoms with Crippen LogP contribution < -0.4 is 5.73 Å². The monoisotopic (exact) mass is 422 g/mol. The van der Waals surface area contributed by atoms with Gasteiger partial charge < -0.3 is 5.73 Å². The van der Waals surface area contributed by atoms with Gasteiger partial charge in [-0.05, 0) is 48.5 Å². The summed E-state index contributed by atoms with van der Waals surface area (Å²) in [6, 6.07) is 6.77. The summed E-state index contributed by atoms with van der Waals surface area (Å²) in [7, 11) is 0. The molecule has 1 aliphatic heterocycles. The molecule has 0 bridgehead atoms. The van der Waals surface area contributed by atoms with Gasteiger partial charge in [-0.2, -0.15) is 4.99 Å². The molecular weight excluding hydrogens is 410 g/mol. The first kappa shape index (κ1) is 20.9. The quantitative estimate of drug-likeness (QED) is 0.421. The predicted molar refractivity (Wildman–Crippen MR) is 88.5 cm³/mol. The molecule has 0 saturated carbocycles. The lowest BCUT2D eigenvalue weighted by Crippen LogP contribution is -2.67. The van der Waals surface area contributed by atoms with E-state index < -0.39 is 58.1 Å². The minimum atomic E-state index is -5.91. The van der Waals surface area contributed by atoms with E-state index in [9.17, 15) is 35.1 Å². The van der Waals surface area contributed by atoms with E-state index >= 15 is 0 Å². The molecule has 3 rings (SSSR count). The summed E-state index contributed by atoms with van der Waals surface area (Å²) in [6.45, 7) is -1.16. The standard InChI is InChI=1S/C18H12F8N3/c19-12-5-1-10(2-6-12)15-16(11-3-7-13(20)8-4-11)29(17(21,22)23,18(24,25)26)14(9-27)28-15/h1-8H,9,27H2/q+1. The van der Waals surface area contributed by atoms with Crippen LogP contribution in [0.25, 0.3) is 11.4 Å². The zero-order valence-corrected chi connectivity index (χ0v) is 14.3. The molecule has 0 radical (unpaired) electrons. The molecular formula is C18H12F8N3+. The number of aliphatic imine (C=N–C) groups is 1. The van der Waals surface area contributed by atoms with E-state index in [0.29, 0.717) is 0 Å². The smallest absolute Gasteiger partial charge is 0.321 e. The summed E-state index contributed by atoms with van der Waals surface area (Å²) >= 11 is 0. The maximum absolute atomic E-state index is 14.1. The Balaban J connectivity index is 2.46. The minimum absolute atomic E-state index is 0.190. The van der Waals surface area contributed by atoms with E-state index in [1.807, 2.05) is 0 Å². The maximum atomic E-state index is 14.1. The molecule has 0 unspecified atom stereocenters. The van der Waals surface area contributed by atoms with Gasteiger partial charge in [-0.1, -0.05) is 4.48 Å². The van der Waals surface area contributed by atoms with Crippen molar-refractivity contribution in [2.75, 3.05) is 6.54 Å². The van der Waals surface area contributed by atoms with Gasteiger partial charge in [-0.25, -0.2) is 8.78 Å². The van der Waals surface area contributed by atoms with Gasteiger partial charge in [0.05, 0.1) is 6.54 Å². The molecule has 0 aromatic heterocycles. The first-order valence-electron chi connectivity index (χ1n) is 8.01. The van der Waals surface area contributed by atoms with E-state index in [4.69, 9.17) is 5.73 Å². The van der Waals surface area contributed by atoms with E-state index in [0.717, 1.165) is 48.5 Å². The van der Waals surface area contributed by atoms with Crippen LogP contribution in [0.5, 0.6) is 0 Å². The van der Waals surface area contributed by atoms with E-state index in [1.165, 1.54) is 0 Å². The van der Waals surface area contributed by atoms with Gasteiger partial charge in [0, 0.05) is 11.1 Å². The molecule has 0 fully saturated rings. The number of rotatable bonds is 3. The maximum Gasteiger partial charge on any atom is 0.579 e. The van der Waals surface area contributed by atoms with Crippen molar-refractivity contribution in [1.82, 2.24) is 0 Å². The molecule has 0 saturated heterocycles. The number of hydrogen-bond acceptors (Lipinski definition) is 2. The Bertz CT molecular complexity index is 956. The Morgan fingerprint density at radius 1 is 0.724 bits per heavy atom. The fourth-order valence-electron chi connectivity index (χ4n) is 3.16. The van der Waals surface area contributed by atoms with Crippen LogP contribution in [-0.2, 0) is 0 Å². The number of amidine groups is 1. The van der Waals surface area contributed by atoms with Crippen molar-refractivity contribution < 1.29 is 39.6 Å². The number of hydrogen-bond donors (Lipinski definition) is 1.